The average Bonchev–Trinajstić information content (AvgIpc) is 3.84. The van der Waals surface area contributed by atoms with Crippen LogP contribution in [-0.4, -0.2) is 116 Å². The van der Waals surface area contributed by atoms with Gasteiger partial charge in [0.25, 0.3) is 5.91 Å². The number of ether oxygens (including phenoxy) is 7. The minimum absolute atomic E-state index is 0.0101. The number of hydrogen-bond acceptors (Lipinski definition) is 14. The van der Waals surface area contributed by atoms with Gasteiger partial charge in [0.05, 0.1) is 34.9 Å². The Morgan fingerprint density at radius 1 is 0.859 bits per heavy atom. The Labute approximate surface area is 370 Å². The van der Waals surface area contributed by atoms with Crippen LogP contribution < -0.4 is 5.32 Å². The molecule has 0 aromatic heterocycles. The van der Waals surface area contributed by atoms with Gasteiger partial charge in [0.15, 0.2) is 24.1 Å². The monoisotopic (exact) mass is 875 g/mol. The Morgan fingerprint density at radius 2 is 1.47 bits per heavy atom. The Morgan fingerprint density at radius 3 is 2.03 bits per heavy atom. The van der Waals surface area contributed by atoms with E-state index in [1.54, 1.807) is 119 Å². The zero-order valence-electron chi connectivity index (χ0n) is 36.5. The van der Waals surface area contributed by atoms with Crippen molar-refractivity contribution in [1.82, 2.24) is 5.32 Å². The topological polar surface area (TPSA) is 199 Å². The van der Waals surface area contributed by atoms with Crippen molar-refractivity contribution in [3.63, 3.8) is 0 Å². The van der Waals surface area contributed by atoms with Crippen LogP contribution in [0.1, 0.15) is 73.4 Å². The predicted molar refractivity (Wildman–Crippen MR) is 226 cm³/mol. The highest BCUT2D eigenvalue weighted by Crippen LogP contribution is 2.93. The number of esters is 2. The lowest BCUT2D eigenvalue weighted by Crippen LogP contribution is -2.76. The maximum Gasteiger partial charge on any atom is 0.509 e. The van der Waals surface area contributed by atoms with Crippen LogP contribution in [0.4, 0.5) is 4.79 Å². The van der Waals surface area contributed by atoms with Crippen LogP contribution in [0, 0.1) is 10.8 Å². The number of amides is 1. The summed E-state index contributed by atoms with van der Waals surface area (Å²) in [6.07, 6.45) is -10.9. The van der Waals surface area contributed by atoms with Gasteiger partial charge >= 0.3 is 18.1 Å². The molecule has 3 aromatic rings. The van der Waals surface area contributed by atoms with Gasteiger partial charge in [-0.25, -0.2) is 14.4 Å². The van der Waals surface area contributed by atoms with E-state index >= 15 is 4.79 Å². The third kappa shape index (κ3) is 5.55. The normalized spacial score (nSPS) is 34.9. The quantitative estimate of drug-likeness (QED) is 0.115. The largest absolute Gasteiger partial charge is 0.509 e. The molecular formula is C48H50BNO14. The Bertz CT molecular complexity index is 2460. The van der Waals surface area contributed by atoms with Crippen LogP contribution >= 0.6 is 0 Å². The highest BCUT2D eigenvalue weighted by atomic mass is 16.8. The molecule has 1 amide bonds. The minimum atomic E-state index is -2.16. The van der Waals surface area contributed by atoms with Crippen molar-refractivity contribution in [3.05, 3.63) is 119 Å². The number of hydrogen-bond donors (Lipinski definition) is 2. The van der Waals surface area contributed by atoms with E-state index in [2.05, 4.69) is 5.32 Å². The number of fused-ring (bicyclic) bond motifs is 1. The molecular weight excluding hydrogens is 825 g/mol. The number of benzene rings is 3. The first kappa shape index (κ1) is 43.6. The summed E-state index contributed by atoms with van der Waals surface area (Å²) in [5.41, 5.74) is -4.42. The molecule has 3 aliphatic heterocycles. The minimum Gasteiger partial charge on any atom is -0.454 e. The maximum atomic E-state index is 16.0. The molecule has 2 N–H and O–H groups in total. The van der Waals surface area contributed by atoms with Gasteiger partial charge in [-0.1, -0.05) is 80.6 Å². The van der Waals surface area contributed by atoms with Crippen LogP contribution in [0.2, 0.25) is 10.6 Å². The number of Topliss-reactive ketones (excluding diaryl/α,β-unsaturated/α-hetero) is 1. The molecule has 12 atom stereocenters. The molecule has 3 spiro atoms. The SMILES string of the molecule is CO[C@H]1C(=O)[C@]2(C)[C@@H](OC)C[C@H]3OC[C@]34B(C(C)=O)[C@@]42[C@H](OC(=O)c2ccccc2)[C@]23OC(=O)O[C@H]2[C@H](OC(=O)[C@H](O)[C@@H](NC(=O)c2ccccc2)c2ccccc2)C(C)=C1C3(C)C. The van der Waals surface area contributed by atoms with E-state index in [1.165, 1.54) is 21.1 Å². The molecule has 64 heavy (non-hydrogen) atoms. The summed E-state index contributed by atoms with van der Waals surface area (Å²) in [5, 5.41) is 12.0. The number of aliphatic hydroxyl groups excluding tert-OH is 1. The zero-order valence-corrected chi connectivity index (χ0v) is 36.5. The van der Waals surface area contributed by atoms with Gasteiger partial charge in [-0.2, -0.15) is 0 Å². The summed E-state index contributed by atoms with van der Waals surface area (Å²) >= 11 is 0. The standard InChI is InChI=1S/C48H50BNO14/c1-25-32-36(59-7)37(53)45(5)30(58-6)23-31-46(24-60-31)48(45,49(46)26(2)51)42(63-40(55)29-21-15-10-16-22-29)47(44(32,3)4)38(62-43(57)64-47)35(25)61-41(56)34(52)33(27-17-11-8-12-18-27)50-39(54)28-19-13-9-14-20-28/h8-22,30-31,33-36,38,42,52H,23-24H2,1-7H3,(H,50,54)/t30-,31+,33-,34+,35+,36+,38-,42+,45-,46-,47+,48+/m0/s1. The number of nitrogens with one attached hydrogen (secondary N) is 1. The van der Waals surface area contributed by atoms with Crippen molar-refractivity contribution < 1.29 is 67.0 Å². The maximum absolute atomic E-state index is 16.0. The van der Waals surface area contributed by atoms with Crippen LogP contribution in [0.3, 0.4) is 0 Å². The first-order valence-electron chi connectivity index (χ1n) is 21.4. The first-order valence-corrected chi connectivity index (χ1v) is 21.4. The van der Waals surface area contributed by atoms with Gasteiger partial charge in [0.2, 0.25) is 12.3 Å². The fourth-order valence-corrected chi connectivity index (χ4v) is 12.9. The molecule has 2 saturated carbocycles. The average molecular weight is 876 g/mol. The smallest absolute Gasteiger partial charge is 0.454 e. The van der Waals surface area contributed by atoms with Crippen LogP contribution in [0.25, 0.3) is 0 Å². The van der Waals surface area contributed by atoms with Crippen molar-refractivity contribution in [3.8, 4) is 0 Å². The van der Waals surface area contributed by atoms with Gasteiger partial charge in [-0.05, 0) is 61.7 Å². The highest BCUT2D eigenvalue weighted by molar-refractivity contribution is 7.04. The van der Waals surface area contributed by atoms with Gasteiger partial charge in [-0.15, -0.1) is 0 Å². The summed E-state index contributed by atoms with van der Waals surface area (Å²) in [5.74, 6) is -3.14. The molecule has 3 saturated heterocycles. The Kier molecular flexibility index (Phi) is 10.4. The lowest BCUT2D eigenvalue weighted by molar-refractivity contribution is -0.245. The summed E-state index contributed by atoms with van der Waals surface area (Å²) in [7, 11) is 2.81. The van der Waals surface area contributed by atoms with E-state index in [4.69, 9.17) is 33.2 Å². The van der Waals surface area contributed by atoms with Gasteiger partial charge in [-0.3, -0.25) is 9.59 Å². The van der Waals surface area contributed by atoms with E-state index in [0.717, 1.165) is 0 Å². The molecule has 2 bridgehead atoms. The zero-order chi connectivity index (χ0) is 45.7. The second-order valence-electron chi connectivity index (χ2n) is 18.5. The van der Waals surface area contributed by atoms with Crippen LogP contribution in [0.5, 0.6) is 0 Å². The molecule has 3 aromatic carbocycles. The van der Waals surface area contributed by atoms with Crippen molar-refractivity contribution in [1.29, 1.82) is 0 Å². The number of carbonyl (C=O) groups excluding carboxylic acids is 6. The number of aliphatic hydroxyl groups is 1. The number of methoxy groups -OCH3 is 2. The Balaban J connectivity index is 1.24. The summed E-state index contributed by atoms with van der Waals surface area (Å²) in [4.78, 5) is 87.3. The summed E-state index contributed by atoms with van der Waals surface area (Å²) in [6, 6.07) is 23.4. The highest BCUT2D eigenvalue weighted by Gasteiger charge is 3.01. The van der Waals surface area contributed by atoms with E-state index in [9.17, 15) is 29.1 Å². The van der Waals surface area contributed by atoms with E-state index < -0.39 is 112 Å². The van der Waals surface area contributed by atoms with Gasteiger partial charge < -0.3 is 48.4 Å². The fraction of sp³-hybridized carbons (Fsp3) is 0.458. The van der Waals surface area contributed by atoms with Gasteiger partial charge in [0.1, 0.15) is 12.2 Å². The second-order valence-corrected chi connectivity index (χ2v) is 18.5. The van der Waals surface area contributed by atoms with Gasteiger partial charge in [0, 0.05) is 48.9 Å². The first-order chi connectivity index (χ1) is 30.5. The number of carbonyl (C=O) groups is 6. The number of rotatable bonds is 11. The van der Waals surface area contributed by atoms with Crippen molar-refractivity contribution in [2.75, 3.05) is 20.8 Å². The van der Waals surface area contributed by atoms with E-state index in [-0.39, 0.29) is 41.0 Å². The van der Waals surface area contributed by atoms with Crippen molar-refractivity contribution in [2.45, 2.75) is 106 Å². The number of ketones is 1. The Hall–Kier alpha value is -5.68. The molecule has 5 fully saturated rings. The third-order valence-corrected chi connectivity index (χ3v) is 15.6. The van der Waals surface area contributed by atoms with Crippen LogP contribution in [0.15, 0.2) is 102 Å². The van der Waals surface area contributed by atoms with Crippen LogP contribution in [-0.2, 0) is 47.5 Å². The molecule has 0 unspecified atom stereocenters. The molecule has 15 nitrogen and oxygen atoms in total. The molecule has 0 radical (unpaired) electrons. The molecule has 334 valence electrons. The van der Waals surface area contributed by atoms with E-state index in [0.29, 0.717) is 5.56 Å². The molecule has 16 heteroatoms. The fourth-order valence-electron chi connectivity index (χ4n) is 12.9. The predicted octanol–water partition coefficient (Wildman–Crippen LogP) is 4.83. The molecule has 9 rings (SSSR count). The molecule has 6 aliphatic rings. The lowest BCUT2D eigenvalue weighted by Gasteiger charge is -2.65. The van der Waals surface area contributed by atoms with E-state index in [1.807, 2.05) is 0 Å². The second kappa shape index (κ2) is 15.2. The summed E-state index contributed by atoms with van der Waals surface area (Å²) in [6.45, 7) is 7.17. The van der Waals surface area contributed by atoms with Crippen molar-refractivity contribution >= 4 is 42.2 Å². The lowest BCUT2D eigenvalue weighted by atomic mass is 9.40. The molecule has 3 heterocycles. The summed E-state index contributed by atoms with van der Waals surface area (Å²) < 4.78 is 44.4. The molecule has 3 aliphatic carbocycles. The van der Waals surface area contributed by atoms with Crippen molar-refractivity contribution in [2.24, 2.45) is 10.8 Å². The third-order valence-electron chi connectivity index (χ3n) is 15.6.